The lowest BCUT2D eigenvalue weighted by molar-refractivity contribution is -0.274. The van der Waals surface area contributed by atoms with Gasteiger partial charge in [-0.25, -0.2) is 4.79 Å². The molecule has 0 N–H and O–H groups in total. The van der Waals surface area contributed by atoms with E-state index >= 15 is 0 Å². The van der Waals surface area contributed by atoms with E-state index in [1.807, 2.05) is 38.1 Å². The van der Waals surface area contributed by atoms with Gasteiger partial charge in [-0.05, 0) is 61.7 Å². The molecule has 3 rings (SSSR count). The second-order valence-corrected chi connectivity index (χ2v) is 11.0. The minimum atomic E-state index is -4.81. The van der Waals surface area contributed by atoms with Gasteiger partial charge in [0.2, 0.25) is 0 Å². The smallest absolute Gasteiger partial charge is 0.462 e. The summed E-state index contributed by atoms with van der Waals surface area (Å²) in [5, 5.41) is 0.777. The molecule has 200 valence electrons. The molecule has 0 bridgehead atoms. The van der Waals surface area contributed by atoms with Crippen LogP contribution in [0.25, 0.3) is 22.3 Å². The van der Waals surface area contributed by atoms with Gasteiger partial charge in [-0.1, -0.05) is 46.3 Å². The van der Waals surface area contributed by atoms with E-state index in [9.17, 15) is 18.0 Å². The van der Waals surface area contributed by atoms with Gasteiger partial charge in [0.1, 0.15) is 17.1 Å². The highest BCUT2D eigenvalue weighted by atomic mass is 32.2. The summed E-state index contributed by atoms with van der Waals surface area (Å²) in [6, 6.07) is 12.3. The van der Waals surface area contributed by atoms with Crippen molar-refractivity contribution >= 4 is 28.7 Å². The van der Waals surface area contributed by atoms with Crippen LogP contribution < -0.4 is 4.74 Å². The van der Waals surface area contributed by atoms with Crippen molar-refractivity contribution in [2.75, 3.05) is 12.4 Å². The Morgan fingerprint density at radius 2 is 1.84 bits per heavy atom. The topological polar surface area (TPSA) is 48.7 Å². The average Bonchev–Trinajstić information content (AvgIpc) is 3.23. The number of ether oxygens (including phenoxy) is 2. The summed E-state index contributed by atoms with van der Waals surface area (Å²) in [5.74, 6) is 0.314. The molecule has 0 aliphatic carbocycles. The Labute approximate surface area is 220 Å². The van der Waals surface area contributed by atoms with Crippen LogP contribution in [0.15, 0.2) is 63.9 Å². The molecule has 0 aliphatic heterocycles. The van der Waals surface area contributed by atoms with Gasteiger partial charge in [0.15, 0.2) is 0 Å². The molecule has 3 aromatic rings. The van der Waals surface area contributed by atoms with Crippen molar-refractivity contribution < 1.29 is 31.9 Å². The molecule has 0 radical (unpaired) electrons. The largest absolute Gasteiger partial charge is 0.573 e. The maximum atomic E-state index is 13.2. The molecule has 2 aromatic carbocycles. The number of furan rings is 1. The number of halogens is 3. The van der Waals surface area contributed by atoms with Gasteiger partial charge < -0.3 is 13.9 Å². The summed E-state index contributed by atoms with van der Waals surface area (Å²) in [6.45, 7) is 11.5. The molecular weight excluding hydrogens is 501 g/mol. The van der Waals surface area contributed by atoms with Crippen molar-refractivity contribution in [2.45, 2.75) is 64.6 Å². The average molecular weight is 535 g/mol. The predicted octanol–water partition coefficient (Wildman–Crippen LogP) is 8.97. The Kier molecular flexibility index (Phi) is 9.40. The van der Waals surface area contributed by atoms with Crippen LogP contribution in [0.4, 0.5) is 13.2 Å². The second kappa shape index (κ2) is 12.1. The van der Waals surface area contributed by atoms with Crippen molar-refractivity contribution in [3.63, 3.8) is 0 Å². The second-order valence-electron chi connectivity index (χ2n) is 9.96. The Morgan fingerprint density at radius 1 is 1.08 bits per heavy atom. The van der Waals surface area contributed by atoms with Gasteiger partial charge in [0.05, 0.1) is 12.2 Å². The number of alkyl halides is 3. The summed E-state index contributed by atoms with van der Waals surface area (Å²) in [5.41, 5.74) is 1.70. The van der Waals surface area contributed by atoms with Gasteiger partial charge in [-0.2, -0.15) is 0 Å². The van der Waals surface area contributed by atoms with E-state index in [1.54, 1.807) is 30.8 Å². The molecule has 4 nitrogen and oxygen atoms in total. The molecule has 0 unspecified atom stereocenters. The van der Waals surface area contributed by atoms with E-state index < -0.39 is 12.3 Å². The maximum Gasteiger partial charge on any atom is 0.573 e. The van der Waals surface area contributed by atoms with E-state index in [0.717, 1.165) is 35.1 Å². The number of unbranched alkanes of at least 4 members (excludes halogenated alkanes) is 2. The summed E-state index contributed by atoms with van der Waals surface area (Å²) >= 11 is 1.58. The standard InChI is InChI=1S/C29H33F3O4S/c1-6-7-8-9-20-10-13-23(26(14-20)36-29(30,31)32)25-15-21-11-12-22(16-24(21)35-25)37-18-28(4,5)17-34-27(33)19(2)3/h10-16H,2,6-9,17-18H2,1,3-5H3. The maximum absolute atomic E-state index is 13.2. The minimum absolute atomic E-state index is 0.252. The van der Waals surface area contributed by atoms with Gasteiger partial charge in [0, 0.05) is 27.0 Å². The molecule has 1 heterocycles. The number of fused-ring (bicyclic) bond motifs is 1. The summed E-state index contributed by atoms with van der Waals surface area (Å²) < 4.78 is 55.2. The zero-order valence-corrected chi connectivity index (χ0v) is 22.5. The normalized spacial score (nSPS) is 12.1. The van der Waals surface area contributed by atoms with E-state index in [0.29, 0.717) is 29.1 Å². The van der Waals surface area contributed by atoms with Gasteiger partial charge in [-0.3, -0.25) is 0 Å². The first-order chi connectivity index (χ1) is 17.4. The van der Waals surface area contributed by atoms with Crippen LogP contribution in [0.5, 0.6) is 5.75 Å². The lowest BCUT2D eigenvalue weighted by atomic mass is 9.98. The third kappa shape index (κ3) is 8.59. The lowest BCUT2D eigenvalue weighted by Gasteiger charge is -2.23. The van der Waals surface area contributed by atoms with E-state index in [-0.39, 0.29) is 23.3 Å². The lowest BCUT2D eigenvalue weighted by Crippen LogP contribution is -2.24. The van der Waals surface area contributed by atoms with Crippen molar-refractivity contribution in [1.29, 1.82) is 0 Å². The van der Waals surface area contributed by atoms with Crippen molar-refractivity contribution in [3.8, 4) is 17.1 Å². The predicted molar refractivity (Wildman–Crippen MR) is 142 cm³/mol. The fraction of sp³-hybridized carbons (Fsp3) is 0.414. The van der Waals surface area contributed by atoms with Crippen LogP contribution in [0.1, 0.15) is 52.5 Å². The number of hydrogen-bond donors (Lipinski definition) is 0. The molecular formula is C29H33F3O4S. The van der Waals surface area contributed by atoms with Crippen LogP contribution in [-0.4, -0.2) is 24.7 Å². The molecule has 0 amide bonds. The Morgan fingerprint density at radius 3 is 2.51 bits per heavy atom. The van der Waals surface area contributed by atoms with Gasteiger partial charge in [0.25, 0.3) is 0 Å². The molecule has 0 atom stereocenters. The Hall–Kier alpha value is -2.87. The molecule has 37 heavy (non-hydrogen) atoms. The third-order valence-corrected chi connectivity index (χ3v) is 7.18. The number of carbonyl (C=O) groups is 1. The summed E-state index contributed by atoms with van der Waals surface area (Å²) in [4.78, 5) is 12.6. The summed E-state index contributed by atoms with van der Waals surface area (Å²) in [7, 11) is 0. The fourth-order valence-corrected chi connectivity index (χ4v) is 4.65. The number of thioether (sulfide) groups is 1. The Balaban J connectivity index is 1.79. The van der Waals surface area contributed by atoms with Crippen LogP contribution >= 0.6 is 11.8 Å². The van der Waals surface area contributed by atoms with Crippen molar-refractivity contribution in [2.24, 2.45) is 5.41 Å². The minimum Gasteiger partial charge on any atom is -0.462 e. The molecule has 0 aliphatic rings. The van der Waals surface area contributed by atoms with Crippen LogP contribution in [0, 0.1) is 5.41 Å². The number of benzene rings is 2. The van der Waals surface area contributed by atoms with Crippen LogP contribution in [0.3, 0.4) is 0 Å². The zero-order chi connectivity index (χ0) is 27.2. The third-order valence-electron chi connectivity index (χ3n) is 5.67. The van der Waals surface area contributed by atoms with Gasteiger partial charge >= 0.3 is 12.3 Å². The monoisotopic (exact) mass is 534 g/mol. The molecule has 0 spiro atoms. The fourth-order valence-electron chi connectivity index (χ4n) is 3.65. The SMILES string of the molecule is C=C(C)C(=O)OCC(C)(C)CSc1ccc2cc(-c3ccc(CCCCC)cc3OC(F)(F)F)oc2c1. The summed E-state index contributed by atoms with van der Waals surface area (Å²) in [6.07, 6.45) is -1.18. The molecule has 0 saturated heterocycles. The zero-order valence-electron chi connectivity index (χ0n) is 21.7. The van der Waals surface area contributed by atoms with E-state index in [1.165, 1.54) is 6.07 Å². The molecule has 8 heteroatoms. The number of aryl methyl sites for hydroxylation is 1. The first-order valence-corrected chi connectivity index (χ1v) is 13.2. The number of esters is 1. The molecule has 0 fully saturated rings. The number of carbonyl (C=O) groups excluding carboxylic acids is 1. The van der Waals surface area contributed by atoms with Crippen LogP contribution in [-0.2, 0) is 16.0 Å². The van der Waals surface area contributed by atoms with Crippen molar-refractivity contribution in [3.05, 3.63) is 60.2 Å². The highest BCUT2D eigenvalue weighted by Gasteiger charge is 2.33. The number of hydrogen-bond acceptors (Lipinski definition) is 5. The van der Waals surface area contributed by atoms with Crippen LogP contribution in [0.2, 0.25) is 0 Å². The molecule has 0 saturated carbocycles. The van der Waals surface area contributed by atoms with E-state index in [4.69, 9.17) is 9.15 Å². The quantitative estimate of drug-likeness (QED) is 0.100. The van der Waals surface area contributed by atoms with Gasteiger partial charge in [-0.15, -0.1) is 24.9 Å². The number of rotatable bonds is 12. The van der Waals surface area contributed by atoms with E-state index in [2.05, 4.69) is 18.2 Å². The molecule has 1 aromatic heterocycles. The van der Waals surface area contributed by atoms with Crippen molar-refractivity contribution in [1.82, 2.24) is 0 Å². The highest BCUT2D eigenvalue weighted by Crippen LogP contribution is 2.39. The first-order valence-electron chi connectivity index (χ1n) is 12.2. The highest BCUT2D eigenvalue weighted by molar-refractivity contribution is 7.99. The first kappa shape index (κ1) is 28.7. The Bertz CT molecular complexity index is 1240.